The van der Waals surface area contributed by atoms with Gasteiger partial charge in [-0.05, 0) is 344 Å². The summed E-state index contributed by atoms with van der Waals surface area (Å²) in [4.78, 5) is 4.88. The maximum absolute atomic E-state index is 11.0. The predicted molar refractivity (Wildman–Crippen MR) is 601 cm³/mol. The molecule has 0 N–H and O–H groups in total. The van der Waals surface area contributed by atoms with E-state index in [0.717, 1.165) is 125 Å². The lowest BCUT2D eigenvalue weighted by atomic mass is 9.33. The van der Waals surface area contributed by atoms with Gasteiger partial charge >= 0.3 is 0 Å². The molecule has 15 aromatic rings. The van der Waals surface area contributed by atoms with Gasteiger partial charge in [0.15, 0.2) is 0 Å². The first kappa shape index (κ1) is 83.1. The van der Waals surface area contributed by atoms with Gasteiger partial charge in [-0.25, -0.2) is 0 Å². The molecule has 13 aromatic carbocycles. The number of benzene rings is 13. The average molecular weight is 1820 g/mol. The summed E-state index contributed by atoms with van der Waals surface area (Å²) in [6.45, 7) is 68.5. The second kappa shape index (κ2) is 35.2. The Morgan fingerprint density at radius 2 is 0.496 bits per heavy atom. The Hall–Kier alpha value is -10.9. The average Bonchev–Trinajstić information content (AvgIpc) is 1.19. The first-order valence-electron chi connectivity index (χ1n) is 56.3. The normalized spacial score (nSPS) is 15.8. The van der Waals surface area contributed by atoms with Crippen LogP contribution < -0.4 is 26.2 Å². The maximum Gasteiger partial charge on any atom is 0.252 e. The highest BCUT2D eigenvalue weighted by Gasteiger charge is 2.47. The van der Waals surface area contributed by atoms with Gasteiger partial charge in [0, 0.05) is 83.2 Å². The molecule has 0 spiro atoms. The number of nitrogens with zero attached hydrogens (tertiary/aromatic N) is 4. The molecule has 0 aliphatic carbocycles. The topological polar surface area (TPSA) is 16.3 Å². The fourth-order valence-corrected chi connectivity index (χ4v) is 21.2. The molecule has 0 amide bonds. The molecule has 5 heteroatoms. The molecular formula is C132H159BN4. The summed E-state index contributed by atoms with van der Waals surface area (Å²) in [6.07, 6.45) is -8.38. The quantitative estimate of drug-likeness (QED) is 0.0796. The van der Waals surface area contributed by atoms with E-state index in [4.69, 9.17) is 0 Å². The number of hydrogen-bond acceptors (Lipinski definition) is 2. The molecule has 710 valence electrons. The molecule has 0 unspecified atom stereocenters. The van der Waals surface area contributed by atoms with Crippen molar-refractivity contribution < 1.29 is 16.4 Å². The lowest BCUT2D eigenvalue weighted by Crippen LogP contribution is -2.61. The van der Waals surface area contributed by atoms with Crippen molar-refractivity contribution in [1.82, 2.24) is 9.13 Å². The van der Waals surface area contributed by atoms with Crippen LogP contribution in [0, 0.1) is 54.1 Å². The Kier molecular flexibility index (Phi) is 21.3. The summed E-state index contributed by atoms with van der Waals surface area (Å²) in [7, 11) is 0. The van der Waals surface area contributed by atoms with E-state index < -0.39 is 82.9 Å². The third-order valence-electron chi connectivity index (χ3n) is 25.7. The number of rotatable bonds is 18. The van der Waals surface area contributed by atoms with Crippen LogP contribution in [-0.2, 0) is 69.3 Å². The first-order chi connectivity index (χ1) is 68.3. The van der Waals surface area contributed by atoms with Gasteiger partial charge in [0.1, 0.15) is 0 Å². The smallest absolute Gasteiger partial charge is 0.252 e. The number of anilines is 6. The van der Waals surface area contributed by atoms with Gasteiger partial charge in [-0.15, -0.1) is 0 Å². The third-order valence-corrected chi connectivity index (χ3v) is 25.7. The van der Waals surface area contributed by atoms with Crippen molar-refractivity contribution in [2.45, 2.75) is 298 Å². The van der Waals surface area contributed by atoms with Gasteiger partial charge in [0.05, 0.1) is 33.4 Å². The van der Waals surface area contributed by atoms with Gasteiger partial charge in [-0.2, -0.15) is 0 Å². The lowest BCUT2D eigenvalue weighted by Gasteiger charge is -2.46. The fraction of sp³-hybridized carbons (Fsp3) is 0.409. The highest BCUT2D eigenvalue weighted by molar-refractivity contribution is 7.00. The van der Waals surface area contributed by atoms with Crippen LogP contribution in [0.5, 0.6) is 0 Å². The minimum absolute atomic E-state index is 0.0215. The van der Waals surface area contributed by atoms with Crippen molar-refractivity contribution >= 4 is 101 Å². The number of hydrogen-bond donors (Lipinski definition) is 0. The molecular weight excluding hydrogens is 1650 g/mol. The van der Waals surface area contributed by atoms with Gasteiger partial charge in [0.2, 0.25) is 0 Å². The van der Waals surface area contributed by atoms with Crippen LogP contribution in [0.25, 0.3) is 99.5 Å². The maximum atomic E-state index is 11.0. The van der Waals surface area contributed by atoms with Crippen molar-refractivity contribution in [3.63, 3.8) is 0 Å². The minimum atomic E-state index is -2.12. The van der Waals surface area contributed by atoms with Gasteiger partial charge in [-0.3, -0.25) is 0 Å². The third kappa shape index (κ3) is 21.8. The van der Waals surface area contributed by atoms with Crippen molar-refractivity contribution in [2.24, 2.45) is 54.1 Å². The second-order valence-electron chi connectivity index (χ2n) is 52.2. The van der Waals surface area contributed by atoms with Crippen LogP contribution in [0.3, 0.4) is 0 Å². The van der Waals surface area contributed by atoms with E-state index in [-0.39, 0.29) is 21.7 Å². The number of aromatic nitrogens is 2. The van der Waals surface area contributed by atoms with Crippen LogP contribution >= 0.6 is 0 Å². The van der Waals surface area contributed by atoms with E-state index in [1.165, 1.54) is 22.3 Å². The van der Waals surface area contributed by atoms with Crippen LogP contribution in [-0.4, -0.2) is 15.8 Å². The Bertz CT molecular complexity index is 7220. The summed E-state index contributed by atoms with van der Waals surface area (Å²) >= 11 is 0. The Balaban J connectivity index is 1.12. The zero-order valence-corrected chi connectivity index (χ0v) is 88.8. The molecule has 2 aromatic heterocycles. The minimum Gasteiger partial charge on any atom is -0.311 e. The summed E-state index contributed by atoms with van der Waals surface area (Å²) in [5, 5.41) is 4.56. The van der Waals surface area contributed by atoms with Crippen molar-refractivity contribution in [1.29, 1.82) is 0 Å². The standard InChI is InChI=1S/C132H159BN4/c1-122(2,3)74-84-38-34-42-92(58-84)101-72-115(103(66-96(101)82-130(25,26)27)94-44-36-40-86(60-94)76-124(7,8)9)136-117-70-99(134-111-54-46-88(78-126(13,14)15)62-105(111)106-63-89(47-55-112(106)134)79-127(16,17)18)50-52-109(117)133-110-53-51-100(135-113-56-48-90(80-128(19,20)21)64-107(113)108-65-91(49-57-114(108)135)81-129(22,23)24)71-118(110)137(120-69-98(132(31,32)33)68-119(136)121(120)133)116-73-102(93-43-35-39-85(59-93)75-123(4,5)6)97(83-131(28,29)30)67-104(116)95-45-37-41-87(61-95)77-125(10,11)12/h34-73H,74-83H2,1-33H3/i74D2,75D2,76D2,77D2,82D2,83D2. The monoisotopic (exact) mass is 1820 g/mol. The first-order valence-corrected chi connectivity index (χ1v) is 50.3. The SMILES string of the molecule is [2H]C([2H])(c1cccc(-c2cc(C([2H])([2H])C(C)(C)C)c(-c3cccc(C([2H])([2H])C(C)(C)C)c3)cc2N2c3cc(-n4c5ccc(CC(C)(C)C)cc5c5cc(CC(C)(C)C)ccc54)ccc3B3c4ccc(-n5c6ccc(CC(C)(C)C)cc6c6cc(CC(C)(C)C)ccc65)cc4N(c4cc(-c5cccc(C([2H])([2H])C(C)(C)C)c5)c(C([2H])([2H])C(C)(C)C)cc4-c4cccc(C([2H])([2H])C(C)(C)C)c4)c4cc(C(C)(C)C)cc2c43)c1)C(C)(C)C. The number of fused-ring (bicyclic) bond motifs is 10. The van der Waals surface area contributed by atoms with Crippen molar-refractivity contribution in [2.75, 3.05) is 9.80 Å². The molecule has 0 radical (unpaired) electrons. The van der Waals surface area contributed by atoms with Crippen molar-refractivity contribution in [3.05, 3.63) is 304 Å². The Morgan fingerprint density at radius 1 is 0.226 bits per heavy atom. The largest absolute Gasteiger partial charge is 0.311 e. The molecule has 0 fully saturated rings. The molecule has 0 saturated heterocycles. The van der Waals surface area contributed by atoms with Gasteiger partial charge in [-0.1, -0.05) is 362 Å². The zero-order valence-electron chi connectivity index (χ0n) is 101. The lowest BCUT2D eigenvalue weighted by molar-refractivity contribution is 0.410. The molecule has 4 heterocycles. The van der Waals surface area contributed by atoms with Gasteiger partial charge < -0.3 is 18.9 Å². The fourth-order valence-electron chi connectivity index (χ4n) is 21.2. The van der Waals surface area contributed by atoms with E-state index in [9.17, 15) is 16.4 Å². The van der Waals surface area contributed by atoms with Crippen molar-refractivity contribution in [3.8, 4) is 55.9 Å². The molecule has 0 saturated carbocycles. The summed E-state index contributed by atoms with van der Waals surface area (Å²) in [5.74, 6) is 0. The molecule has 137 heavy (non-hydrogen) atoms. The van der Waals surface area contributed by atoms with Gasteiger partial charge in [0.25, 0.3) is 6.71 Å². The highest BCUT2D eigenvalue weighted by atomic mass is 15.2. The zero-order chi connectivity index (χ0) is 109. The predicted octanol–water partition coefficient (Wildman–Crippen LogP) is 35.8. The summed E-state index contributed by atoms with van der Waals surface area (Å²) < 4.78 is 130. The molecule has 0 atom stereocenters. The van der Waals surface area contributed by atoms with Crippen LogP contribution in [0.15, 0.2) is 243 Å². The molecule has 2 aliphatic rings. The second-order valence-corrected chi connectivity index (χ2v) is 52.2. The molecule has 4 nitrogen and oxygen atoms in total. The highest BCUT2D eigenvalue weighted by Crippen LogP contribution is 2.55. The van der Waals surface area contributed by atoms with E-state index in [1.807, 2.05) is 234 Å². The Labute approximate surface area is 842 Å². The van der Waals surface area contributed by atoms with Crippen LogP contribution in [0.1, 0.15) is 306 Å². The molecule has 0 bridgehead atoms. The Morgan fingerprint density at radius 3 is 0.752 bits per heavy atom. The van der Waals surface area contributed by atoms with E-state index in [0.29, 0.717) is 89.3 Å². The molecule has 2 aliphatic heterocycles. The molecule has 17 rings (SSSR count). The van der Waals surface area contributed by atoms with Crippen LogP contribution in [0.2, 0.25) is 0 Å². The summed E-state index contributed by atoms with van der Waals surface area (Å²) in [6, 6.07) is 86.5. The van der Waals surface area contributed by atoms with Crippen LogP contribution in [0.4, 0.5) is 34.1 Å². The van der Waals surface area contributed by atoms with E-state index >= 15 is 0 Å². The van der Waals surface area contributed by atoms with E-state index in [1.54, 1.807) is 0 Å². The van der Waals surface area contributed by atoms with E-state index in [2.05, 4.69) is 256 Å². The summed E-state index contributed by atoms with van der Waals surface area (Å²) in [5.41, 5.74) is 20.0.